The molecule has 0 aliphatic rings. The highest BCUT2D eigenvalue weighted by Crippen LogP contribution is 2.19. The first-order valence-electron chi connectivity index (χ1n) is 7.39. The maximum atomic E-state index is 5.84. The van der Waals surface area contributed by atoms with E-state index < -0.39 is 0 Å². The predicted octanol–water partition coefficient (Wildman–Crippen LogP) is 2.89. The molecule has 0 saturated carbocycles. The van der Waals surface area contributed by atoms with Gasteiger partial charge in [0.25, 0.3) is 0 Å². The standard InChI is InChI=1S/C17H20N4/c1-2-9-21-16-7-8-19-12-15(16)20-17(21)10-13-5-3-4-6-14(13)11-18/h3-8,12H,2,9-11,18H2,1H3. The minimum absolute atomic E-state index is 0.561. The molecule has 0 bridgehead atoms. The van der Waals surface area contributed by atoms with Gasteiger partial charge in [0.05, 0.1) is 11.7 Å². The van der Waals surface area contributed by atoms with Crippen LogP contribution in [0.4, 0.5) is 0 Å². The molecule has 4 heteroatoms. The van der Waals surface area contributed by atoms with Gasteiger partial charge in [-0.3, -0.25) is 4.98 Å². The van der Waals surface area contributed by atoms with Crippen molar-refractivity contribution in [3.8, 4) is 0 Å². The molecule has 0 fully saturated rings. The SMILES string of the molecule is CCCn1c(Cc2ccccc2CN)nc2cnccc21. The number of fused-ring (bicyclic) bond motifs is 1. The first kappa shape index (κ1) is 13.8. The Morgan fingerprint density at radius 1 is 1.14 bits per heavy atom. The van der Waals surface area contributed by atoms with Gasteiger partial charge in [0.1, 0.15) is 11.3 Å². The summed E-state index contributed by atoms with van der Waals surface area (Å²) in [5.74, 6) is 1.08. The monoisotopic (exact) mass is 280 g/mol. The van der Waals surface area contributed by atoms with Gasteiger partial charge in [-0.25, -0.2) is 4.98 Å². The minimum atomic E-state index is 0.561. The summed E-state index contributed by atoms with van der Waals surface area (Å²) < 4.78 is 2.30. The van der Waals surface area contributed by atoms with Crippen LogP contribution in [0.1, 0.15) is 30.3 Å². The van der Waals surface area contributed by atoms with Crippen LogP contribution in [0.25, 0.3) is 11.0 Å². The van der Waals surface area contributed by atoms with E-state index in [2.05, 4.69) is 34.7 Å². The Kier molecular flexibility index (Phi) is 3.97. The lowest BCUT2D eigenvalue weighted by molar-refractivity contribution is 0.663. The van der Waals surface area contributed by atoms with Gasteiger partial charge < -0.3 is 10.3 Å². The van der Waals surface area contributed by atoms with Gasteiger partial charge in [-0.1, -0.05) is 31.2 Å². The Bertz CT molecular complexity index is 745. The molecular formula is C17H20N4. The van der Waals surface area contributed by atoms with Crippen molar-refractivity contribution in [1.29, 1.82) is 0 Å². The molecule has 0 unspecified atom stereocenters. The summed E-state index contributed by atoms with van der Waals surface area (Å²) in [7, 11) is 0. The summed E-state index contributed by atoms with van der Waals surface area (Å²) in [6.07, 6.45) is 5.55. The lowest BCUT2D eigenvalue weighted by atomic mass is 10.0. The molecule has 3 rings (SSSR count). The highest BCUT2D eigenvalue weighted by molar-refractivity contribution is 5.74. The number of nitrogens with two attached hydrogens (primary N) is 1. The molecule has 2 N–H and O–H groups in total. The number of imidazole rings is 1. The fourth-order valence-electron chi connectivity index (χ4n) is 2.74. The van der Waals surface area contributed by atoms with Crippen LogP contribution in [0, 0.1) is 0 Å². The molecule has 0 aliphatic heterocycles. The van der Waals surface area contributed by atoms with E-state index in [9.17, 15) is 0 Å². The van der Waals surface area contributed by atoms with Crippen LogP contribution in [0.5, 0.6) is 0 Å². The molecule has 3 aromatic rings. The molecule has 0 aliphatic carbocycles. The van der Waals surface area contributed by atoms with Gasteiger partial charge in [0.15, 0.2) is 0 Å². The molecule has 21 heavy (non-hydrogen) atoms. The third kappa shape index (κ3) is 2.67. The predicted molar refractivity (Wildman–Crippen MR) is 85.0 cm³/mol. The van der Waals surface area contributed by atoms with E-state index >= 15 is 0 Å². The van der Waals surface area contributed by atoms with Crippen molar-refractivity contribution in [2.75, 3.05) is 0 Å². The number of hydrogen-bond acceptors (Lipinski definition) is 3. The summed E-state index contributed by atoms with van der Waals surface area (Å²) in [4.78, 5) is 8.93. The average molecular weight is 280 g/mol. The van der Waals surface area contributed by atoms with Crippen molar-refractivity contribution in [2.45, 2.75) is 32.9 Å². The van der Waals surface area contributed by atoms with Gasteiger partial charge in [0.2, 0.25) is 0 Å². The summed E-state index contributed by atoms with van der Waals surface area (Å²) in [5, 5.41) is 0. The minimum Gasteiger partial charge on any atom is -0.328 e. The van der Waals surface area contributed by atoms with Crippen molar-refractivity contribution in [2.24, 2.45) is 5.73 Å². The molecule has 0 saturated heterocycles. The molecule has 4 nitrogen and oxygen atoms in total. The van der Waals surface area contributed by atoms with Crippen LogP contribution in [0.2, 0.25) is 0 Å². The molecule has 108 valence electrons. The highest BCUT2D eigenvalue weighted by atomic mass is 15.1. The third-order valence-corrected chi connectivity index (χ3v) is 3.76. The molecule has 0 amide bonds. The van der Waals surface area contributed by atoms with Gasteiger partial charge in [-0.05, 0) is 23.6 Å². The maximum absolute atomic E-state index is 5.84. The molecular weight excluding hydrogens is 260 g/mol. The van der Waals surface area contributed by atoms with Gasteiger partial charge in [0, 0.05) is 25.7 Å². The first-order chi connectivity index (χ1) is 10.3. The number of rotatable bonds is 5. The Labute approximate surface area is 124 Å². The quantitative estimate of drug-likeness (QED) is 0.782. The lowest BCUT2D eigenvalue weighted by Crippen LogP contribution is -2.07. The van der Waals surface area contributed by atoms with Crippen LogP contribution < -0.4 is 5.73 Å². The van der Waals surface area contributed by atoms with Crippen molar-refractivity contribution in [3.05, 3.63) is 59.7 Å². The normalized spacial score (nSPS) is 11.1. The largest absolute Gasteiger partial charge is 0.328 e. The zero-order valence-corrected chi connectivity index (χ0v) is 12.3. The van der Waals surface area contributed by atoms with Crippen LogP contribution in [-0.2, 0) is 19.5 Å². The molecule has 2 aromatic heterocycles. The van der Waals surface area contributed by atoms with E-state index in [-0.39, 0.29) is 0 Å². The zero-order valence-electron chi connectivity index (χ0n) is 12.3. The fraction of sp³-hybridized carbons (Fsp3) is 0.294. The Morgan fingerprint density at radius 2 is 1.95 bits per heavy atom. The van der Waals surface area contributed by atoms with Crippen molar-refractivity contribution < 1.29 is 0 Å². The number of aryl methyl sites for hydroxylation is 1. The molecule has 2 heterocycles. The Morgan fingerprint density at radius 3 is 2.71 bits per heavy atom. The second-order valence-electron chi connectivity index (χ2n) is 5.19. The lowest BCUT2D eigenvalue weighted by Gasteiger charge is -2.10. The van der Waals surface area contributed by atoms with E-state index in [0.29, 0.717) is 6.54 Å². The van der Waals surface area contributed by atoms with Crippen molar-refractivity contribution >= 4 is 11.0 Å². The van der Waals surface area contributed by atoms with Gasteiger partial charge >= 0.3 is 0 Å². The van der Waals surface area contributed by atoms with Crippen LogP contribution in [-0.4, -0.2) is 14.5 Å². The van der Waals surface area contributed by atoms with Gasteiger partial charge in [-0.2, -0.15) is 0 Å². The third-order valence-electron chi connectivity index (χ3n) is 3.76. The number of hydrogen-bond donors (Lipinski definition) is 1. The Hall–Kier alpha value is -2.20. The number of benzene rings is 1. The molecule has 1 aromatic carbocycles. The van der Waals surface area contributed by atoms with Crippen LogP contribution in [0.3, 0.4) is 0 Å². The topological polar surface area (TPSA) is 56.7 Å². The number of aromatic nitrogens is 3. The van der Waals surface area contributed by atoms with Crippen molar-refractivity contribution in [1.82, 2.24) is 14.5 Å². The first-order valence-corrected chi connectivity index (χ1v) is 7.39. The molecule has 0 spiro atoms. The van der Waals surface area contributed by atoms with E-state index in [0.717, 1.165) is 36.2 Å². The summed E-state index contributed by atoms with van der Waals surface area (Å²) in [5.41, 5.74) is 10.4. The van der Waals surface area contributed by atoms with Crippen LogP contribution >= 0.6 is 0 Å². The Balaban J connectivity index is 2.05. The highest BCUT2D eigenvalue weighted by Gasteiger charge is 2.12. The molecule has 0 radical (unpaired) electrons. The molecule has 0 atom stereocenters. The van der Waals surface area contributed by atoms with E-state index in [1.807, 2.05) is 24.5 Å². The smallest absolute Gasteiger partial charge is 0.114 e. The summed E-state index contributed by atoms with van der Waals surface area (Å²) in [6, 6.07) is 10.4. The average Bonchev–Trinajstić information content (AvgIpc) is 2.86. The second kappa shape index (κ2) is 6.06. The second-order valence-corrected chi connectivity index (χ2v) is 5.19. The summed E-state index contributed by atoms with van der Waals surface area (Å²) >= 11 is 0. The van der Waals surface area contributed by atoms with E-state index in [1.165, 1.54) is 11.1 Å². The summed E-state index contributed by atoms with van der Waals surface area (Å²) in [6.45, 7) is 3.72. The van der Waals surface area contributed by atoms with Gasteiger partial charge in [-0.15, -0.1) is 0 Å². The van der Waals surface area contributed by atoms with Crippen molar-refractivity contribution in [3.63, 3.8) is 0 Å². The van der Waals surface area contributed by atoms with E-state index in [1.54, 1.807) is 0 Å². The fourth-order valence-corrected chi connectivity index (χ4v) is 2.74. The van der Waals surface area contributed by atoms with E-state index in [4.69, 9.17) is 10.7 Å². The maximum Gasteiger partial charge on any atom is 0.114 e. The number of nitrogens with zero attached hydrogens (tertiary/aromatic N) is 3. The zero-order chi connectivity index (χ0) is 14.7. The van der Waals surface area contributed by atoms with Crippen LogP contribution in [0.15, 0.2) is 42.7 Å². The number of pyridine rings is 1.